The van der Waals surface area contributed by atoms with E-state index in [0.29, 0.717) is 42.2 Å². The van der Waals surface area contributed by atoms with Crippen molar-refractivity contribution in [1.29, 1.82) is 0 Å². The molecule has 1 atom stereocenters. The lowest BCUT2D eigenvalue weighted by Crippen LogP contribution is -2.49. The quantitative estimate of drug-likeness (QED) is 0.734. The number of aryl methyl sites for hydroxylation is 1. The number of nitrogens with zero attached hydrogens (tertiary/aromatic N) is 3. The summed E-state index contributed by atoms with van der Waals surface area (Å²) in [5, 5.41) is 4.08. The van der Waals surface area contributed by atoms with Crippen LogP contribution in [-0.2, 0) is 20.2 Å². The van der Waals surface area contributed by atoms with Gasteiger partial charge in [0.2, 0.25) is 5.89 Å². The number of aromatic nitrogens is 2. The standard InChI is InChI=1S/C15H20ClN3O4S2/c1-11-17-14(18-23-11)15(7-9-22-2)6-3-8-19(10-15)25(20,21)13-5-4-12(16)24-13/h4-5H,3,6-10H2,1-2H3/t15-/m1/s1. The van der Waals surface area contributed by atoms with Gasteiger partial charge in [-0.2, -0.15) is 9.29 Å². The second-order valence-electron chi connectivity index (χ2n) is 6.16. The van der Waals surface area contributed by atoms with E-state index in [1.807, 2.05) is 0 Å². The van der Waals surface area contributed by atoms with E-state index in [-0.39, 0.29) is 4.21 Å². The van der Waals surface area contributed by atoms with Crippen LogP contribution in [0.1, 0.15) is 31.0 Å². The van der Waals surface area contributed by atoms with E-state index in [4.69, 9.17) is 20.9 Å². The van der Waals surface area contributed by atoms with Crippen molar-refractivity contribution < 1.29 is 17.7 Å². The number of rotatable bonds is 6. The van der Waals surface area contributed by atoms with E-state index in [2.05, 4.69) is 10.1 Å². The summed E-state index contributed by atoms with van der Waals surface area (Å²) in [6, 6.07) is 3.15. The molecule has 25 heavy (non-hydrogen) atoms. The molecule has 0 amide bonds. The van der Waals surface area contributed by atoms with Gasteiger partial charge >= 0.3 is 0 Å². The van der Waals surface area contributed by atoms with Gasteiger partial charge in [-0.15, -0.1) is 11.3 Å². The Hall–Kier alpha value is -1.000. The molecule has 1 fully saturated rings. The molecule has 10 heteroatoms. The summed E-state index contributed by atoms with van der Waals surface area (Å²) in [5.41, 5.74) is -0.514. The summed E-state index contributed by atoms with van der Waals surface area (Å²) in [7, 11) is -1.97. The van der Waals surface area contributed by atoms with Crippen molar-refractivity contribution in [2.45, 2.75) is 35.8 Å². The van der Waals surface area contributed by atoms with Crippen LogP contribution in [0.4, 0.5) is 0 Å². The molecule has 0 N–H and O–H groups in total. The first-order valence-electron chi connectivity index (χ1n) is 7.93. The first kappa shape index (κ1) is 18.8. The topological polar surface area (TPSA) is 85.5 Å². The first-order chi connectivity index (χ1) is 11.9. The molecule has 0 radical (unpaired) electrons. The molecule has 0 bridgehead atoms. The Labute approximate surface area is 156 Å². The van der Waals surface area contributed by atoms with Gasteiger partial charge < -0.3 is 9.26 Å². The van der Waals surface area contributed by atoms with Crippen LogP contribution in [0.25, 0.3) is 0 Å². The molecule has 138 valence electrons. The van der Waals surface area contributed by atoms with E-state index in [1.165, 1.54) is 4.31 Å². The minimum absolute atomic E-state index is 0.254. The van der Waals surface area contributed by atoms with Gasteiger partial charge in [0.25, 0.3) is 10.0 Å². The predicted octanol–water partition coefficient (Wildman–Crippen LogP) is 2.85. The summed E-state index contributed by atoms with van der Waals surface area (Å²) in [4.78, 5) is 4.38. The van der Waals surface area contributed by atoms with Crippen molar-refractivity contribution >= 4 is 33.0 Å². The zero-order chi connectivity index (χ0) is 18.1. The summed E-state index contributed by atoms with van der Waals surface area (Å²) < 4.78 is 38.6. The molecule has 7 nitrogen and oxygen atoms in total. The Morgan fingerprint density at radius 2 is 2.28 bits per heavy atom. The van der Waals surface area contributed by atoms with Gasteiger partial charge in [-0.3, -0.25) is 0 Å². The highest BCUT2D eigenvalue weighted by Crippen LogP contribution is 2.39. The van der Waals surface area contributed by atoms with E-state index in [1.54, 1.807) is 26.2 Å². The fraction of sp³-hybridized carbons (Fsp3) is 0.600. The average Bonchev–Trinajstić information content (AvgIpc) is 3.22. The second kappa shape index (κ2) is 7.32. The zero-order valence-electron chi connectivity index (χ0n) is 14.1. The Morgan fingerprint density at radius 3 is 2.88 bits per heavy atom. The molecule has 0 unspecified atom stereocenters. The fourth-order valence-corrected chi connectivity index (χ4v) is 6.37. The van der Waals surface area contributed by atoms with Gasteiger partial charge in [0.15, 0.2) is 5.82 Å². The van der Waals surface area contributed by atoms with E-state index < -0.39 is 15.4 Å². The molecule has 1 aliphatic rings. The van der Waals surface area contributed by atoms with Gasteiger partial charge in [0.05, 0.1) is 4.34 Å². The van der Waals surface area contributed by atoms with Crippen molar-refractivity contribution in [2.24, 2.45) is 0 Å². The maximum absolute atomic E-state index is 13.0. The molecule has 0 aromatic carbocycles. The van der Waals surface area contributed by atoms with Crippen molar-refractivity contribution in [3.8, 4) is 0 Å². The van der Waals surface area contributed by atoms with Crippen molar-refractivity contribution in [3.05, 3.63) is 28.2 Å². The monoisotopic (exact) mass is 405 g/mol. The number of halogens is 1. The van der Waals surface area contributed by atoms with Crippen molar-refractivity contribution in [1.82, 2.24) is 14.4 Å². The number of hydrogen-bond donors (Lipinski definition) is 0. The highest BCUT2D eigenvalue weighted by Gasteiger charge is 2.44. The molecule has 0 aliphatic carbocycles. The van der Waals surface area contributed by atoms with Crippen LogP contribution < -0.4 is 0 Å². The SMILES string of the molecule is COCC[C@]1(c2noc(C)n2)CCCN(S(=O)(=O)c2ccc(Cl)s2)C1. The van der Waals surface area contributed by atoms with Gasteiger partial charge in [-0.25, -0.2) is 8.42 Å². The molecule has 2 aromatic heterocycles. The van der Waals surface area contributed by atoms with Crippen molar-refractivity contribution in [3.63, 3.8) is 0 Å². The van der Waals surface area contributed by atoms with E-state index >= 15 is 0 Å². The van der Waals surface area contributed by atoms with Crippen LogP contribution in [0.2, 0.25) is 4.34 Å². The molecular weight excluding hydrogens is 386 g/mol. The predicted molar refractivity (Wildman–Crippen MR) is 94.5 cm³/mol. The number of ether oxygens (including phenoxy) is 1. The molecule has 1 saturated heterocycles. The smallest absolute Gasteiger partial charge is 0.252 e. The number of thiophene rings is 1. The number of methoxy groups -OCH3 is 1. The Morgan fingerprint density at radius 1 is 1.48 bits per heavy atom. The van der Waals surface area contributed by atoms with Crippen LogP contribution in [0.3, 0.4) is 0 Å². The van der Waals surface area contributed by atoms with Gasteiger partial charge in [0.1, 0.15) is 4.21 Å². The molecule has 2 aromatic rings. The van der Waals surface area contributed by atoms with Crippen LogP contribution >= 0.6 is 22.9 Å². The third kappa shape index (κ3) is 3.75. The van der Waals surface area contributed by atoms with Crippen LogP contribution in [0, 0.1) is 6.92 Å². The molecule has 3 heterocycles. The minimum atomic E-state index is -3.60. The lowest BCUT2D eigenvalue weighted by atomic mass is 9.77. The molecule has 0 spiro atoms. The Bertz CT molecular complexity index is 835. The first-order valence-corrected chi connectivity index (χ1v) is 10.6. The average molecular weight is 406 g/mol. The maximum Gasteiger partial charge on any atom is 0.252 e. The molecule has 0 saturated carbocycles. The minimum Gasteiger partial charge on any atom is -0.385 e. The zero-order valence-corrected chi connectivity index (χ0v) is 16.5. The van der Waals surface area contributed by atoms with Gasteiger partial charge in [-0.05, 0) is 31.4 Å². The largest absolute Gasteiger partial charge is 0.385 e. The van der Waals surface area contributed by atoms with Gasteiger partial charge in [-0.1, -0.05) is 16.8 Å². The summed E-state index contributed by atoms with van der Waals surface area (Å²) in [6.45, 7) is 2.98. The van der Waals surface area contributed by atoms with E-state index in [0.717, 1.165) is 24.2 Å². The number of piperidine rings is 1. The molecule has 1 aliphatic heterocycles. The maximum atomic E-state index is 13.0. The molecular formula is C15H20ClN3O4S2. The van der Waals surface area contributed by atoms with Crippen LogP contribution in [-0.4, -0.2) is 49.7 Å². The second-order valence-corrected chi connectivity index (χ2v) is 10.0. The summed E-state index contributed by atoms with van der Waals surface area (Å²) >= 11 is 6.98. The summed E-state index contributed by atoms with van der Waals surface area (Å²) in [5.74, 6) is 1.02. The van der Waals surface area contributed by atoms with E-state index in [9.17, 15) is 8.42 Å². The highest BCUT2D eigenvalue weighted by molar-refractivity contribution is 7.91. The Balaban J connectivity index is 1.93. The lowest BCUT2D eigenvalue weighted by Gasteiger charge is -2.39. The number of hydrogen-bond acceptors (Lipinski definition) is 7. The normalized spacial score (nSPS) is 22.4. The third-order valence-corrected chi connectivity index (χ3v) is 8.01. The fourth-order valence-electron chi connectivity index (χ4n) is 3.17. The number of sulfonamides is 1. The third-order valence-electron chi connectivity index (χ3n) is 4.47. The molecule has 3 rings (SSSR count). The van der Waals surface area contributed by atoms with Gasteiger partial charge in [0, 0.05) is 39.1 Å². The van der Waals surface area contributed by atoms with Crippen LogP contribution in [0.15, 0.2) is 20.9 Å². The summed E-state index contributed by atoms with van der Waals surface area (Å²) in [6.07, 6.45) is 2.13. The lowest BCUT2D eigenvalue weighted by molar-refractivity contribution is 0.128. The van der Waals surface area contributed by atoms with Crippen LogP contribution in [0.5, 0.6) is 0 Å². The van der Waals surface area contributed by atoms with Crippen molar-refractivity contribution in [2.75, 3.05) is 26.8 Å². The highest BCUT2D eigenvalue weighted by atomic mass is 35.5. The Kier molecular flexibility index (Phi) is 5.50.